The zero-order valence-electron chi connectivity index (χ0n) is 20.5. The number of amides is 1. The average molecular weight is 467 g/mol. The first kappa shape index (κ1) is 24.5. The van der Waals surface area contributed by atoms with Crippen molar-refractivity contribution >= 4 is 17.7 Å². The summed E-state index contributed by atoms with van der Waals surface area (Å²) in [4.78, 5) is 15.8. The molecule has 1 aliphatic carbocycles. The molecular weight excluding hydrogens is 432 g/mol. The van der Waals surface area contributed by atoms with Crippen molar-refractivity contribution in [2.45, 2.75) is 25.9 Å². The third-order valence-corrected chi connectivity index (χ3v) is 6.36. The van der Waals surface area contributed by atoms with Gasteiger partial charge in [-0.3, -0.25) is 4.79 Å². The van der Waals surface area contributed by atoms with E-state index in [9.17, 15) is 4.79 Å². The van der Waals surface area contributed by atoms with Crippen molar-refractivity contribution < 1.29 is 4.79 Å². The van der Waals surface area contributed by atoms with Crippen molar-refractivity contribution in [2.75, 3.05) is 20.1 Å². The Morgan fingerprint density at radius 2 is 1.86 bits per heavy atom. The van der Waals surface area contributed by atoms with Crippen LogP contribution in [0.15, 0.2) is 78.9 Å². The molecule has 1 aliphatic rings. The molecule has 1 atom stereocenters. The van der Waals surface area contributed by atoms with E-state index in [1.54, 1.807) is 0 Å². The van der Waals surface area contributed by atoms with Crippen molar-refractivity contribution in [2.24, 2.45) is 11.5 Å². The molecular formula is C30H34N4O. The molecule has 0 spiro atoms. The van der Waals surface area contributed by atoms with E-state index in [4.69, 9.17) is 11.5 Å². The molecule has 0 fully saturated rings. The minimum Gasteiger partial charge on any atom is -0.401 e. The van der Waals surface area contributed by atoms with Crippen LogP contribution in [-0.4, -0.2) is 30.9 Å². The molecule has 0 aliphatic heterocycles. The summed E-state index contributed by atoms with van der Waals surface area (Å²) in [7, 11) is 2.07. The predicted molar refractivity (Wildman–Crippen MR) is 145 cm³/mol. The summed E-state index contributed by atoms with van der Waals surface area (Å²) in [6, 6.07) is 22.4. The summed E-state index contributed by atoms with van der Waals surface area (Å²) in [5, 5.41) is 4.94. The Hall–Kier alpha value is -3.67. The van der Waals surface area contributed by atoms with Gasteiger partial charge < -0.3 is 21.7 Å². The van der Waals surface area contributed by atoms with Crippen molar-refractivity contribution in [3.63, 3.8) is 0 Å². The molecule has 180 valence electrons. The molecule has 3 aromatic carbocycles. The van der Waals surface area contributed by atoms with E-state index in [1.165, 1.54) is 5.56 Å². The summed E-state index contributed by atoms with van der Waals surface area (Å²) >= 11 is 0. The van der Waals surface area contributed by atoms with Gasteiger partial charge in [-0.05, 0) is 59.6 Å². The highest BCUT2D eigenvalue weighted by molar-refractivity contribution is 5.96. The van der Waals surface area contributed by atoms with Crippen LogP contribution in [0.5, 0.6) is 0 Å². The summed E-state index contributed by atoms with van der Waals surface area (Å²) in [6.07, 6.45) is 6.68. The van der Waals surface area contributed by atoms with Crippen LogP contribution < -0.4 is 27.2 Å². The molecule has 0 aromatic heterocycles. The number of nitrogens with zero attached hydrogens (tertiary/aromatic N) is 1. The second-order valence-corrected chi connectivity index (χ2v) is 9.14. The van der Waals surface area contributed by atoms with Crippen LogP contribution in [0.25, 0.3) is 22.9 Å². The van der Waals surface area contributed by atoms with Crippen molar-refractivity contribution in [1.29, 1.82) is 0 Å². The third kappa shape index (κ3) is 5.88. The number of carbonyl (C=O) groups is 1. The van der Waals surface area contributed by atoms with Gasteiger partial charge in [0.25, 0.3) is 5.91 Å². The number of allylic oxidation sites excluding steroid dienone is 1. The number of likely N-dealkylation sites (N-methyl/N-ethyl adjacent to an activating group) is 1. The first-order valence-corrected chi connectivity index (χ1v) is 12.1. The van der Waals surface area contributed by atoms with Crippen molar-refractivity contribution in [1.82, 2.24) is 10.2 Å². The fraction of sp³-hybridized carbons (Fsp3) is 0.233. The van der Waals surface area contributed by atoms with Crippen LogP contribution in [-0.2, 0) is 6.54 Å². The molecule has 0 heterocycles. The first-order valence-electron chi connectivity index (χ1n) is 12.1. The van der Waals surface area contributed by atoms with Crippen LogP contribution >= 0.6 is 0 Å². The van der Waals surface area contributed by atoms with E-state index >= 15 is 0 Å². The van der Waals surface area contributed by atoms with Gasteiger partial charge in [-0.15, -0.1) is 0 Å². The van der Waals surface area contributed by atoms with E-state index in [1.807, 2.05) is 61.5 Å². The molecule has 0 unspecified atom stereocenters. The Balaban J connectivity index is 1.76. The summed E-state index contributed by atoms with van der Waals surface area (Å²) in [5.41, 5.74) is 17.8. The van der Waals surface area contributed by atoms with E-state index in [-0.39, 0.29) is 11.9 Å². The third-order valence-electron chi connectivity index (χ3n) is 6.36. The molecule has 0 radical (unpaired) electrons. The molecule has 3 aromatic rings. The number of rotatable bonds is 8. The average Bonchev–Trinajstić information content (AvgIpc) is 3.05. The molecule has 0 saturated heterocycles. The lowest BCUT2D eigenvalue weighted by molar-refractivity contribution is 0.0938. The minimum absolute atomic E-state index is 0.126. The minimum atomic E-state index is -0.128. The van der Waals surface area contributed by atoms with Gasteiger partial charge in [-0.25, -0.2) is 0 Å². The molecule has 5 nitrogen and oxygen atoms in total. The number of hydrogen-bond acceptors (Lipinski definition) is 4. The molecule has 4 rings (SSSR count). The van der Waals surface area contributed by atoms with Crippen LogP contribution in [0, 0.1) is 0 Å². The predicted octanol–water partition coefficient (Wildman–Crippen LogP) is 3.04. The molecule has 5 heteroatoms. The second kappa shape index (κ2) is 11.2. The van der Waals surface area contributed by atoms with Crippen LogP contribution in [0.3, 0.4) is 0 Å². The van der Waals surface area contributed by atoms with Crippen LogP contribution in [0.4, 0.5) is 0 Å². The number of fused-ring (bicyclic) bond motifs is 1. The van der Waals surface area contributed by atoms with Crippen molar-refractivity contribution in [3.05, 3.63) is 106 Å². The van der Waals surface area contributed by atoms with Crippen LogP contribution in [0.1, 0.15) is 40.9 Å². The van der Waals surface area contributed by atoms with E-state index in [0.717, 1.165) is 40.2 Å². The molecule has 5 N–H and O–H groups in total. The molecule has 1 amide bonds. The highest BCUT2D eigenvalue weighted by Gasteiger charge is 2.17. The lowest BCUT2D eigenvalue weighted by atomic mass is 9.96. The SMILES string of the molecule is C[C@H](NC(=O)c1cc(-c2cccc(CN(C)CCN)c2)cc2c1=C(N)CC=CC=2)c1ccccc1. The van der Waals surface area contributed by atoms with Gasteiger partial charge in [0, 0.05) is 42.5 Å². The fourth-order valence-corrected chi connectivity index (χ4v) is 4.53. The number of carbonyl (C=O) groups excluding carboxylic acids is 1. The Bertz CT molecular complexity index is 1340. The lowest BCUT2D eigenvalue weighted by Crippen LogP contribution is -2.39. The van der Waals surface area contributed by atoms with E-state index < -0.39 is 0 Å². The number of nitrogens with one attached hydrogen (secondary N) is 1. The molecule has 0 saturated carbocycles. The Morgan fingerprint density at radius 1 is 1.06 bits per heavy atom. The van der Waals surface area contributed by atoms with Gasteiger partial charge in [0.15, 0.2) is 0 Å². The monoisotopic (exact) mass is 466 g/mol. The Kier molecular flexibility index (Phi) is 7.80. The van der Waals surface area contributed by atoms with E-state index in [2.05, 4.69) is 47.6 Å². The van der Waals surface area contributed by atoms with Crippen molar-refractivity contribution in [3.8, 4) is 11.1 Å². The molecule has 0 bridgehead atoms. The highest BCUT2D eigenvalue weighted by Crippen LogP contribution is 2.21. The maximum absolute atomic E-state index is 13.6. The van der Waals surface area contributed by atoms with Gasteiger partial charge in [0.1, 0.15) is 0 Å². The Morgan fingerprint density at radius 3 is 2.63 bits per heavy atom. The zero-order chi connectivity index (χ0) is 24.8. The normalized spacial score (nSPS) is 13.7. The van der Waals surface area contributed by atoms with Gasteiger partial charge in [-0.1, -0.05) is 66.8 Å². The second-order valence-electron chi connectivity index (χ2n) is 9.14. The maximum Gasteiger partial charge on any atom is 0.252 e. The molecule has 35 heavy (non-hydrogen) atoms. The summed E-state index contributed by atoms with van der Waals surface area (Å²) in [6.45, 7) is 4.27. The smallest absolute Gasteiger partial charge is 0.252 e. The number of hydrogen-bond donors (Lipinski definition) is 3. The largest absolute Gasteiger partial charge is 0.401 e. The van der Waals surface area contributed by atoms with Crippen LogP contribution in [0.2, 0.25) is 0 Å². The fourth-order valence-electron chi connectivity index (χ4n) is 4.53. The quantitative estimate of drug-likeness (QED) is 0.476. The number of nitrogens with two attached hydrogens (primary N) is 2. The number of benzene rings is 3. The summed E-state index contributed by atoms with van der Waals surface area (Å²) in [5.74, 6) is -0.128. The first-order chi connectivity index (χ1) is 17.0. The zero-order valence-corrected chi connectivity index (χ0v) is 20.5. The van der Waals surface area contributed by atoms with Gasteiger partial charge >= 0.3 is 0 Å². The Labute approximate surface area is 207 Å². The maximum atomic E-state index is 13.6. The summed E-state index contributed by atoms with van der Waals surface area (Å²) < 4.78 is 0. The standard InChI is InChI=1S/C30H34N4O/c1-21(23-10-4-3-5-11-23)33-30(35)27-19-26(18-25-12-6-7-14-28(32)29(25)27)24-13-8-9-22(17-24)20-34(2)16-15-31/h3-13,17-19,21H,14-16,20,31-32H2,1-2H3,(H,33,35)/t21-/m0/s1. The van der Waals surface area contributed by atoms with E-state index in [0.29, 0.717) is 24.2 Å². The lowest BCUT2D eigenvalue weighted by Gasteiger charge is -2.17. The highest BCUT2D eigenvalue weighted by atomic mass is 16.1. The topological polar surface area (TPSA) is 84.4 Å². The van der Waals surface area contributed by atoms with Gasteiger partial charge in [0.2, 0.25) is 0 Å². The van der Waals surface area contributed by atoms with Gasteiger partial charge in [0.05, 0.1) is 6.04 Å². The van der Waals surface area contributed by atoms with Gasteiger partial charge in [-0.2, -0.15) is 0 Å².